The van der Waals surface area contributed by atoms with Gasteiger partial charge in [0, 0.05) is 18.6 Å². The van der Waals surface area contributed by atoms with Crippen molar-refractivity contribution in [2.24, 2.45) is 0 Å². The molecule has 3 heterocycles. The molecule has 0 aliphatic rings. The highest BCUT2D eigenvalue weighted by Crippen LogP contribution is 2.16. The van der Waals surface area contributed by atoms with Gasteiger partial charge in [-0.1, -0.05) is 11.6 Å². The molecule has 9 heteroatoms. The van der Waals surface area contributed by atoms with Crippen LogP contribution < -0.4 is 0 Å². The average Bonchev–Trinajstić information content (AvgIpc) is 3.31. The molecule has 8 nitrogen and oxygen atoms in total. The number of rotatable bonds is 8. The van der Waals surface area contributed by atoms with Gasteiger partial charge in [-0.3, -0.25) is 4.98 Å². The van der Waals surface area contributed by atoms with Crippen LogP contribution in [0.5, 0.6) is 0 Å². The standard InChI is InChI=1S/C16H17ClN6O2/c1-13(15-3-2-14(17)8-20-15)24-6-7-25-16(23-12-19-10-21-23)9-22-5-4-18-11-22/h2-5,8-13H,6-7H2,1H3. The van der Waals surface area contributed by atoms with E-state index in [1.165, 1.54) is 11.0 Å². The minimum atomic E-state index is -0.159. The molecule has 130 valence electrons. The summed E-state index contributed by atoms with van der Waals surface area (Å²) in [6.07, 6.45) is 11.3. The van der Waals surface area contributed by atoms with Crippen LogP contribution >= 0.6 is 11.6 Å². The summed E-state index contributed by atoms with van der Waals surface area (Å²) in [6.45, 7) is 2.66. The van der Waals surface area contributed by atoms with Crippen LogP contribution in [0.2, 0.25) is 5.02 Å². The second-order valence-corrected chi connectivity index (χ2v) is 5.52. The number of hydrogen-bond donors (Lipinski definition) is 0. The number of pyridine rings is 1. The molecule has 0 fully saturated rings. The van der Waals surface area contributed by atoms with E-state index in [0.29, 0.717) is 24.1 Å². The Hall–Kier alpha value is -2.71. The Bertz CT molecular complexity index is 787. The van der Waals surface area contributed by atoms with E-state index in [2.05, 4.69) is 20.1 Å². The Morgan fingerprint density at radius 3 is 2.88 bits per heavy atom. The van der Waals surface area contributed by atoms with Gasteiger partial charge in [-0.15, -0.1) is 0 Å². The quantitative estimate of drug-likeness (QED) is 0.454. The van der Waals surface area contributed by atoms with Crippen LogP contribution in [0.25, 0.3) is 12.1 Å². The Labute approximate surface area is 149 Å². The van der Waals surface area contributed by atoms with Crippen molar-refractivity contribution in [1.29, 1.82) is 0 Å². The maximum Gasteiger partial charge on any atom is 0.233 e. The molecule has 1 atom stereocenters. The molecule has 3 rings (SSSR count). The summed E-state index contributed by atoms with van der Waals surface area (Å²) in [5.74, 6) is 0.511. The summed E-state index contributed by atoms with van der Waals surface area (Å²) < 4.78 is 14.8. The molecule has 3 aromatic rings. The lowest BCUT2D eigenvalue weighted by molar-refractivity contribution is 0.0340. The molecule has 0 spiro atoms. The van der Waals surface area contributed by atoms with Gasteiger partial charge in [-0.25, -0.2) is 9.97 Å². The second kappa shape index (κ2) is 8.41. The van der Waals surface area contributed by atoms with Crippen molar-refractivity contribution in [1.82, 2.24) is 29.3 Å². The molecule has 0 aliphatic heterocycles. The van der Waals surface area contributed by atoms with Gasteiger partial charge < -0.3 is 14.0 Å². The molecule has 0 saturated heterocycles. The third-order valence-electron chi connectivity index (χ3n) is 3.30. The molecule has 0 saturated carbocycles. The fourth-order valence-corrected chi connectivity index (χ4v) is 2.15. The van der Waals surface area contributed by atoms with Crippen LogP contribution in [0.3, 0.4) is 0 Å². The van der Waals surface area contributed by atoms with Crippen molar-refractivity contribution < 1.29 is 9.47 Å². The lowest BCUT2D eigenvalue weighted by Crippen LogP contribution is -2.11. The Morgan fingerprint density at radius 1 is 1.28 bits per heavy atom. The van der Waals surface area contributed by atoms with Crippen LogP contribution in [0.1, 0.15) is 18.7 Å². The van der Waals surface area contributed by atoms with E-state index in [9.17, 15) is 0 Å². The van der Waals surface area contributed by atoms with Gasteiger partial charge in [0.1, 0.15) is 19.3 Å². The summed E-state index contributed by atoms with van der Waals surface area (Å²) in [6, 6.07) is 3.63. The maximum atomic E-state index is 5.84. The van der Waals surface area contributed by atoms with Gasteiger partial charge in [0.05, 0.1) is 36.0 Å². The van der Waals surface area contributed by atoms with Crippen LogP contribution in [0, 0.1) is 0 Å². The van der Waals surface area contributed by atoms with Crippen LogP contribution in [0.4, 0.5) is 0 Å². The van der Waals surface area contributed by atoms with E-state index in [4.69, 9.17) is 21.1 Å². The van der Waals surface area contributed by atoms with Crippen LogP contribution in [0.15, 0.2) is 49.7 Å². The molecule has 0 aliphatic carbocycles. The van der Waals surface area contributed by atoms with Gasteiger partial charge in [0.2, 0.25) is 5.88 Å². The predicted octanol–water partition coefficient (Wildman–Crippen LogP) is 2.73. The highest BCUT2D eigenvalue weighted by Gasteiger charge is 2.08. The SMILES string of the molecule is CC(OCCOC(=Cn1ccnc1)n1cncn1)c1ccc(Cl)cn1. The topological polar surface area (TPSA) is 79.9 Å². The fraction of sp³-hybridized carbons (Fsp3) is 0.250. The van der Waals surface area contributed by atoms with Crippen molar-refractivity contribution >= 4 is 23.7 Å². The van der Waals surface area contributed by atoms with E-state index in [-0.39, 0.29) is 6.10 Å². The highest BCUT2D eigenvalue weighted by molar-refractivity contribution is 6.30. The van der Waals surface area contributed by atoms with Crippen molar-refractivity contribution in [2.45, 2.75) is 13.0 Å². The number of imidazole rings is 1. The summed E-state index contributed by atoms with van der Waals surface area (Å²) in [7, 11) is 0. The molecule has 1 unspecified atom stereocenters. The summed E-state index contributed by atoms with van der Waals surface area (Å²) >= 11 is 5.84. The van der Waals surface area contributed by atoms with Crippen LogP contribution in [-0.2, 0) is 9.47 Å². The molecule has 0 aromatic carbocycles. The maximum absolute atomic E-state index is 5.84. The summed E-state index contributed by atoms with van der Waals surface area (Å²) in [4.78, 5) is 12.2. The number of nitrogens with zero attached hydrogens (tertiary/aromatic N) is 6. The van der Waals surface area contributed by atoms with Gasteiger partial charge in [-0.2, -0.15) is 9.78 Å². The molecule has 25 heavy (non-hydrogen) atoms. The Morgan fingerprint density at radius 2 is 2.20 bits per heavy atom. The van der Waals surface area contributed by atoms with E-state index in [1.54, 1.807) is 48.1 Å². The Balaban J connectivity index is 1.54. The number of aromatic nitrogens is 6. The van der Waals surface area contributed by atoms with E-state index >= 15 is 0 Å². The van der Waals surface area contributed by atoms with Gasteiger partial charge in [0.15, 0.2) is 0 Å². The van der Waals surface area contributed by atoms with Gasteiger partial charge in [-0.05, 0) is 19.1 Å². The van der Waals surface area contributed by atoms with Crippen LogP contribution in [-0.4, -0.2) is 42.5 Å². The number of halogens is 1. The predicted molar refractivity (Wildman–Crippen MR) is 92.3 cm³/mol. The number of hydrogen-bond acceptors (Lipinski definition) is 6. The van der Waals surface area contributed by atoms with Crippen molar-refractivity contribution in [3.63, 3.8) is 0 Å². The summed E-state index contributed by atoms with van der Waals surface area (Å²) in [5, 5.41) is 4.68. The first kappa shape index (κ1) is 17.1. The average molecular weight is 361 g/mol. The largest absolute Gasteiger partial charge is 0.474 e. The zero-order valence-corrected chi connectivity index (χ0v) is 14.3. The molecule has 0 N–H and O–H groups in total. The Kier molecular flexibility index (Phi) is 5.76. The number of ether oxygens (including phenoxy) is 2. The second-order valence-electron chi connectivity index (χ2n) is 5.08. The molecular weight excluding hydrogens is 344 g/mol. The van der Waals surface area contributed by atoms with E-state index in [0.717, 1.165) is 5.69 Å². The smallest absolute Gasteiger partial charge is 0.233 e. The monoisotopic (exact) mass is 360 g/mol. The lowest BCUT2D eigenvalue weighted by Gasteiger charge is -2.14. The molecular formula is C16H17ClN6O2. The lowest BCUT2D eigenvalue weighted by atomic mass is 10.2. The minimum absolute atomic E-state index is 0.159. The highest BCUT2D eigenvalue weighted by atomic mass is 35.5. The fourth-order valence-electron chi connectivity index (χ4n) is 2.04. The van der Waals surface area contributed by atoms with Crippen molar-refractivity contribution in [3.8, 4) is 0 Å². The normalized spacial score (nSPS) is 13.0. The van der Waals surface area contributed by atoms with Crippen molar-refractivity contribution in [2.75, 3.05) is 13.2 Å². The zero-order valence-electron chi connectivity index (χ0n) is 13.6. The first-order valence-corrected chi connectivity index (χ1v) is 8.00. The third kappa shape index (κ3) is 4.88. The molecule has 0 bridgehead atoms. The molecule has 3 aromatic heterocycles. The summed E-state index contributed by atoms with van der Waals surface area (Å²) in [5.41, 5.74) is 0.815. The third-order valence-corrected chi connectivity index (χ3v) is 3.52. The van der Waals surface area contributed by atoms with E-state index in [1.807, 2.05) is 13.0 Å². The van der Waals surface area contributed by atoms with E-state index < -0.39 is 0 Å². The van der Waals surface area contributed by atoms with Crippen molar-refractivity contribution in [3.05, 3.63) is 60.4 Å². The minimum Gasteiger partial charge on any atom is -0.474 e. The van der Waals surface area contributed by atoms with Gasteiger partial charge >= 0.3 is 0 Å². The van der Waals surface area contributed by atoms with Gasteiger partial charge in [0.25, 0.3) is 0 Å². The first-order valence-electron chi connectivity index (χ1n) is 7.62. The zero-order chi connectivity index (χ0) is 17.5. The molecule has 0 amide bonds. The molecule has 0 radical (unpaired) electrons. The first-order chi connectivity index (χ1) is 12.2.